The number of amides is 1. The van der Waals surface area contributed by atoms with Crippen LogP contribution in [0, 0.1) is 5.41 Å². The Bertz CT molecular complexity index is 515. The van der Waals surface area contributed by atoms with Crippen LogP contribution in [0.2, 0.25) is 0 Å². The molecule has 3 rings (SSSR count). The number of rotatable bonds is 5. The maximum Gasteiger partial charge on any atom is 0.228 e. The van der Waals surface area contributed by atoms with E-state index in [1.54, 1.807) is 7.11 Å². The molecule has 6 nitrogen and oxygen atoms in total. The highest BCUT2D eigenvalue weighted by molar-refractivity contribution is 5.82. The summed E-state index contributed by atoms with van der Waals surface area (Å²) in [7, 11) is 1.68. The van der Waals surface area contributed by atoms with E-state index in [1.807, 2.05) is 6.20 Å². The molecule has 2 heterocycles. The second-order valence-electron chi connectivity index (χ2n) is 6.33. The summed E-state index contributed by atoms with van der Waals surface area (Å²) in [5.74, 6) is 1.07. The minimum absolute atomic E-state index is 0.122. The lowest BCUT2D eigenvalue weighted by Crippen LogP contribution is -2.45. The van der Waals surface area contributed by atoms with Gasteiger partial charge in [-0.3, -0.25) is 4.79 Å². The average molecular weight is 307 g/mol. The molecule has 0 unspecified atom stereocenters. The van der Waals surface area contributed by atoms with Crippen molar-refractivity contribution in [3.8, 4) is 0 Å². The molecular formula is C16H25N3O3. The van der Waals surface area contributed by atoms with E-state index < -0.39 is 0 Å². The van der Waals surface area contributed by atoms with Gasteiger partial charge in [0.2, 0.25) is 5.91 Å². The normalized spacial score (nSPS) is 20.4. The quantitative estimate of drug-likeness (QED) is 0.898. The van der Waals surface area contributed by atoms with Crippen molar-refractivity contribution in [1.82, 2.24) is 14.9 Å². The van der Waals surface area contributed by atoms with Crippen LogP contribution in [0.1, 0.15) is 43.6 Å². The third-order valence-electron chi connectivity index (χ3n) is 4.85. The summed E-state index contributed by atoms with van der Waals surface area (Å²) in [4.78, 5) is 17.1. The van der Waals surface area contributed by atoms with E-state index in [4.69, 9.17) is 9.47 Å². The van der Waals surface area contributed by atoms with Gasteiger partial charge in [0, 0.05) is 13.7 Å². The Morgan fingerprint density at radius 3 is 3.05 bits per heavy atom. The van der Waals surface area contributed by atoms with E-state index in [2.05, 4.69) is 14.9 Å². The first-order valence-corrected chi connectivity index (χ1v) is 8.13. The van der Waals surface area contributed by atoms with Gasteiger partial charge in [-0.25, -0.2) is 4.98 Å². The Labute approximate surface area is 131 Å². The van der Waals surface area contributed by atoms with Crippen LogP contribution in [-0.2, 0) is 34.0 Å². The number of nitrogens with zero attached hydrogens (tertiary/aromatic N) is 2. The lowest BCUT2D eigenvalue weighted by molar-refractivity contribution is -0.136. The molecule has 2 aliphatic rings. The Morgan fingerprint density at radius 1 is 1.45 bits per heavy atom. The minimum atomic E-state index is -0.346. The van der Waals surface area contributed by atoms with Crippen molar-refractivity contribution in [1.29, 1.82) is 0 Å². The molecule has 1 aromatic heterocycles. The molecule has 1 aliphatic carbocycles. The van der Waals surface area contributed by atoms with E-state index >= 15 is 0 Å². The molecule has 1 aromatic rings. The van der Waals surface area contributed by atoms with Gasteiger partial charge in [0.1, 0.15) is 12.4 Å². The number of hydrogen-bond acceptors (Lipinski definition) is 4. The first-order valence-electron chi connectivity index (χ1n) is 8.13. The summed E-state index contributed by atoms with van der Waals surface area (Å²) in [5.41, 5.74) is 0.705. The van der Waals surface area contributed by atoms with E-state index in [1.165, 1.54) is 6.42 Å². The largest absolute Gasteiger partial charge is 0.384 e. The van der Waals surface area contributed by atoms with E-state index in [0.29, 0.717) is 26.4 Å². The molecule has 1 fully saturated rings. The molecule has 0 spiro atoms. The standard InChI is InChI=1S/C16H25N3O3/c1-21-12-16(5-3-2-4-6-16)15(20)18-10-13-9-17-14-11-22-8-7-19(13)14/h9H,2-8,10-12H2,1H3,(H,18,20). The van der Waals surface area contributed by atoms with Crippen LogP contribution in [0.3, 0.4) is 0 Å². The van der Waals surface area contributed by atoms with Crippen LogP contribution < -0.4 is 5.32 Å². The van der Waals surface area contributed by atoms with Crippen LogP contribution in [0.4, 0.5) is 0 Å². The number of imidazole rings is 1. The van der Waals surface area contributed by atoms with Gasteiger partial charge < -0.3 is 19.4 Å². The lowest BCUT2D eigenvalue weighted by Gasteiger charge is -2.35. The highest BCUT2D eigenvalue weighted by Gasteiger charge is 2.39. The number of hydrogen-bond donors (Lipinski definition) is 1. The fourth-order valence-corrected chi connectivity index (χ4v) is 3.60. The number of aromatic nitrogens is 2. The maximum atomic E-state index is 12.7. The molecule has 6 heteroatoms. The predicted molar refractivity (Wildman–Crippen MR) is 81.1 cm³/mol. The van der Waals surface area contributed by atoms with Crippen LogP contribution in [0.15, 0.2) is 6.20 Å². The van der Waals surface area contributed by atoms with Crippen molar-refractivity contribution in [2.45, 2.75) is 51.8 Å². The molecule has 122 valence electrons. The molecule has 22 heavy (non-hydrogen) atoms. The summed E-state index contributed by atoms with van der Waals surface area (Å²) in [6.45, 7) is 3.11. The topological polar surface area (TPSA) is 65.4 Å². The van der Waals surface area contributed by atoms with E-state index in [0.717, 1.165) is 43.7 Å². The third-order valence-corrected chi connectivity index (χ3v) is 4.85. The smallest absolute Gasteiger partial charge is 0.228 e. The monoisotopic (exact) mass is 307 g/mol. The van der Waals surface area contributed by atoms with E-state index in [-0.39, 0.29) is 11.3 Å². The molecule has 0 saturated heterocycles. The number of ether oxygens (including phenoxy) is 2. The van der Waals surface area contributed by atoms with Crippen LogP contribution in [-0.4, -0.2) is 35.8 Å². The highest BCUT2D eigenvalue weighted by Crippen LogP contribution is 2.36. The summed E-state index contributed by atoms with van der Waals surface area (Å²) >= 11 is 0. The van der Waals surface area contributed by atoms with Crippen LogP contribution >= 0.6 is 0 Å². The highest BCUT2D eigenvalue weighted by atomic mass is 16.5. The van der Waals surface area contributed by atoms with E-state index in [9.17, 15) is 4.79 Å². The summed E-state index contributed by atoms with van der Waals surface area (Å²) in [6.07, 6.45) is 7.12. The molecule has 1 aliphatic heterocycles. The third kappa shape index (κ3) is 3.03. The van der Waals surface area contributed by atoms with Crippen molar-refractivity contribution in [2.75, 3.05) is 20.3 Å². The molecule has 0 bridgehead atoms. The Morgan fingerprint density at radius 2 is 2.27 bits per heavy atom. The van der Waals surface area contributed by atoms with Crippen molar-refractivity contribution >= 4 is 5.91 Å². The fraction of sp³-hybridized carbons (Fsp3) is 0.750. The first-order chi connectivity index (χ1) is 10.7. The van der Waals surface area contributed by atoms with Gasteiger partial charge in [0.05, 0.1) is 37.1 Å². The minimum Gasteiger partial charge on any atom is -0.384 e. The zero-order chi connectivity index (χ0) is 15.4. The molecule has 0 aromatic carbocycles. The van der Waals surface area contributed by atoms with Gasteiger partial charge in [0.25, 0.3) is 0 Å². The number of carbonyl (C=O) groups is 1. The number of methoxy groups -OCH3 is 1. The summed E-state index contributed by atoms with van der Waals surface area (Å²) in [6, 6.07) is 0. The lowest BCUT2D eigenvalue weighted by atomic mass is 9.74. The van der Waals surface area contributed by atoms with Gasteiger partial charge in [-0.1, -0.05) is 19.3 Å². The SMILES string of the molecule is COCC1(C(=O)NCc2cnc3n2CCOC3)CCCCC1. The molecule has 1 amide bonds. The Balaban J connectivity index is 1.64. The number of nitrogens with one attached hydrogen (secondary N) is 1. The Kier molecular flexibility index (Phi) is 4.78. The van der Waals surface area contributed by atoms with Crippen molar-refractivity contribution in [3.05, 3.63) is 17.7 Å². The van der Waals surface area contributed by atoms with Gasteiger partial charge in [-0.2, -0.15) is 0 Å². The number of fused-ring (bicyclic) bond motifs is 1. The first kappa shape index (κ1) is 15.5. The molecule has 0 atom stereocenters. The second kappa shape index (κ2) is 6.79. The predicted octanol–water partition coefficient (Wildman–Crippen LogP) is 1.63. The van der Waals surface area contributed by atoms with Gasteiger partial charge >= 0.3 is 0 Å². The van der Waals surface area contributed by atoms with Crippen molar-refractivity contribution in [2.24, 2.45) is 5.41 Å². The summed E-state index contributed by atoms with van der Waals surface area (Å²) in [5, 5.41) is 3.11. The molecule has 1 saturated carbocycles. The van der Waals surface area contributed by atoms with Gasteiger partial charge in [0.15, 0.2) is 0 Å². The van der Waals surface area contributed by atoms with Crippen LogP contribution in [0.5, 0.6) is 0 Å². The van der Waals surface area contributed by atoms with Crippen molar-refractivity contribution < 1.29 is 14.3 Å². The number of carbonyl (C=O) groups excluding carboxylic acids is 1. The molecule has 1 N–H and O–H groups in total. The molecular weight excluding hydrogens is 282 g/mol. The fourth-order valence-electron chi connectivity index (χ4n) is 3.60. The molecule has 0 radical (unpaired) electrons. The Hall–Kier alpha value is -1.40. The zero-order valence-corrected chi connectivity index (χ0v) is 13.3. The van der Waals surface area contributed by atoms with Crippen LogP contribution in [0.25, 0.3) is 0 Å². The van der Waals surface area contributed by atoms with Gasteiger partial charge in [-0.05, 0) is 12.8 Å². The second-order valence-corrected chi connectivity index (χ2v) is 6.33. The average Bonchev–Trinajstić information content (AvgIpc) is 2.97. The van der Waals surface area contributed by atoms with Gasteiger partial charge in [-0.15, -0.1) is 0 Å². The summed E-state index contributed by atoms with van der Waals surface area (Å²) < 4.78 is 12.9. The maximum absolute atomic E-state index is 12.7. The zero-order valence-electron chi connectivity index (χ0n) is 13.3. The van der Waals surface area contributed by atoms with Crippen molar-refractivity contribution in [3.63, 3.8) is 0 Å².